The van der Waals surface area contributed by atoms with Crippen molar-refractivity contribution in [2.24, 2.45) is 0 Å². The van der Waals surface area contributed by atoms with Crippen LogP contribution in [0.2, 0.25) is 0 Å². The fraction of sp³-hybridized carbons (Fsp3) is 0.429. The van der Waals surface area contributed by atoms with Crippen LogP contribution < -0.4 is 10.1 Å². The molecule has 1 fully saturated rings. The quantitative estimate of drug-likeness (QED) is 0.827. The Kier molecular flexibility index (Phi) is 4.89. The third kappa shape index (κ3) is 3.90. The Labute approximate surface area is 122 Å². The van der Waals surface area contributed by atoms with E-state index in [0.29, 0.717) is 18.7 Å². The van der Waals surface area contributed by atoms with E-state index in [1.165, 1.54) is 11.8 Å². The minimum absolute atomic E-state index is 0.0501. The van der Waals surface area contributed by atoms with E-state index in [-0.39, 0.29) is 17.9 Å². The summed E-state index contributed by atoms with van der Waals surface area (Å²) >= 11 is 1.45. The van der Waals surface area contributed by atoms with Gasteiger partial charge in [0.05, 0.1) is 18.9 Å². The number of amides is 2. The summed E-state index contributed by atoms with van der Waals surface area (Å²) in [5.74, 6) is 1.14. The monoisotopic (exact) mass is 294 g/mol. The summed E-state index contributed by atoms with van der Waals surface area (Å²) in [7, 11) is 3.36. The molecule has 0 aliphatic carbocycles. The average molecular weight is 294 g/mol. The standard InChI is InChI=1S/C14H18N2O3S/c1-16-8-10(6-14(16)18)15-13(17)9-20-12-5-3-4-11(7-12)19-2/h3-5,7,10H,6,8-9H2,1-2H3,(H,15,17)/t10-/m0/s1. The lowest BCUT2D eigenvalue weighted by atomic mass is 10.2. The van der Waals surface area contributed by atoms with Gasteiger partial charge in [-0.3, -0.25) is 9.59 Å². The van der Waals surface area contributed by atoms with E-state index < -0.39 is 0 Å². The second-order valence-corrected chi connectivity index (χ2v) is 5.76. The Morgan fingerprint density at radius 2 is 2.35 bits per heavy atom. The minimum atomic E-state index is -0.0640. The summed E-state index contributed by atoms with van der Waals surface area (Å²) in [5.41, 5.74) is 0. The molecule has 2 amide bonds. The first-order valence-electron chi connectivity index (χ1n) is 6.38. The predicted octanol–water partition coefficient (Wildman–Crippen LogP) is 1.13. The van der Waals surface area contributed by atoms with Crippen molar-refractivity contribution in [1.82, 2.24) is 10.2 Å². The summed E-state index contributed by atoms with van der Waals surface area (Å²) in [4.78, 5) is 25.8. The molecule has 20 heavy (non-hydrogen) atoms. The molecule has 0 saturated carbocycles. The number of nitrogens with one attached hydrogen (secondary N) is 1. The number of carbonyl (C=O) groups excluding carboxylic acids is 2. The third-order valence-electron chi connectivity index (χ3n) is 3.12. The Bertz CT molecular complexity index is 507. The van der Waals surface area contributed by atoms with Crippen LogP contribution in [-0.4, -0.2) is 49.2 Å². The molecule has 1 N–H and O–H groups in total. The van der Waals surface area contributed by atoms with Crippen molar-refractivity contribution in [2.75, 3.05) is 26.5 Å². The Hall–Kier alpha value is -1.69. The van der Waals surface area contributed by atoms with Crippen molar-refractivity contribution in [3.63, 3.8) is 0 Å². The van der Waals surface area contributed by atoms with Crippen molar-refractivity contribution >= 4 is 23.6 Å². The van der Waals surface area contributed by atoms with E-state index >= 15 is 0 Å². The number of likely N-dealkylation sites (tertiary alicyclic amines) is 1. The molecule has 1 aliphatic heterocycles. The predicted molar refractivity (Wildman–Crippen MR) is 77.9 cm³/mol. The summed E-state index contributed by atoms with van der Waals surface area (Å²) < 4.78 is 5.14. The zero-order valence-electron chi connectivity index (χ0n) is 11.6. The second-order valence-electron chi connectivity index (χ2n) is 4.71. The van der Waals surface area contributed by atoms with Crippen LogP contribution >= 0.6 is 11.8 Å². The van der Waals surface area contributed by atoms with Crippen molar-refractivity contribution in [2.45, 2.75) is 17.4 Å². The van der Waals surface area contributed by atoms with Gasteiger partial charge in [-0.15, -0.1) is 11.8 Å². The fourth-order valence-corrected chi connectivity index (χ4v) is 2.82. The molecule has 1 aliphatic rings. The SMILES string of the molecule is COc1cccc(SCC(=O)N[C@H]2CC(=O)N(C)C2)c1. The van der Waals surface area contributed by atoms with Crippen LogP contribution in [0.25, 0.3) is 0 Å². The van der Waals surface area contributed by atoms with Crippen LogP contribution in [0.4, 0.5) is 0 Å². The van der Waals surface area contributed by atoms with Crippen LogP contribution in [0.15, 0.2) is 29.2 Å². The molecule has 0 bridgehead atoms. The molecular formula is C14H18N2O3S. The lowest BCUT2D eigenvalue weighted by Gasteiger charge is -2.12. The van der Waals surface area contributed by atoms with Crippen LogP contribution in [-0.2, 0) is 9.59 Å². The van der Waals surface area contributed by atoms with Crippen molar-refractivity contribution < 1.29 is 14.3 Å². The van der Waals surface area contributed by atoms with Gasteiger partial charge in [0.2, 0.25) is 11.8 Å². The highest BCUT2D eigenvalue weighted by molar-refractivity contribution is 8.00. The molecule has 0 radical (unpaired) electrons. The van der Waals surface area contributed by atoms with Crippen molar-refractivity contribution in [3.8, 4) is 5.75 Å². The highest BCUT2D eigenvalue weighted by Crippen LogP contribution is 2.22. The van der Waals surface area contributed by atoms with E-state index in [0.717, 1.165) is 10.6 Å². The Morgan fingerprint density at radius 3 is 3.00 bits per heavy atom. The van der Waals surface area contributed by atoms with E-state index in [9.17, 15) is 9.59 Å². The molecule has 1 heterocycles. The zero-order chi connectivity index (χ0) is 14.5. The molecule has 1 atom stereocenters. The topological polar surface area (TPSA) is 58.6 Å². The molecule has 6 heteroatoms. The van der Waals surface area contributed by atoms with Gasteiger partial charge in [0, 0.05) is 24.9 Å². The molecule has 0 unspecified atom stereocenters. The molecule has 0 aromatic heterocycles. The molecule has 108 valence electrons. The van der Waals surface area contributed by atoms with Crippen LogP contribution in [0.1, 0.15) is 6.42 Å². The zero-order valence-corrected chi connectivity index (χ0v) is 12.4. The Balaban J connectivity index is 1.79. The Morgan fingerprint density at radius 1 is 1.55 bits per heavy atom. The van der Waals surface area contributed by atoms with Crippen LogP contribution in [0, 0.1) is 0 Å². The maximum Gasteiger partial charge on any atom is 0.230 e. The number of ether oxygens (including phenoxy) is 1. The first kappa shape index (κ1) is 14.7. The van der Waals surface area contributed by atoms with E-state index in [1.54, 1.807) is 19.1 Å². The van der Waals surface area contributed by atoms with Gasteiger partial charge < -0.3 is 15.0 Å². The number of nitrogens with zero attached hydrogens (tertiary/aromatic N) is 1. The number of thioether (sulfide) groups is 1. The van der Waals surface area contributed by atoms with Gasteiger partial charge in [0.1, 0.15) is 5.75 Å². The maximum atomic E-state index is 11.8. The molecule has 1 saturated heterocycles. The van der Waals surface area contributed by atoms with Gasteiger partial charge in [-0.2, -0.15) is 0 Å². The van der Waals surface area contributed by atoms with Gasteiger partial charge in [-0.1, -0.05) is 6.07 Å². The first-order chi connectivity index (χ1) is 9.58. The van der Waals surface area contributed by atoms with E-state index in [1.807, 2.05) is 24.3 Å². The van der Waals surface area contributed by atoms with Gasteiger partial charge in [-0.05, 0) is 18.2 Å². The molecule has 5 nitrogen and oxygen atoms in total. The van der Waals surface area contributed by atoms with Gasteiger partial charge in [-0.25, -0.2) is 0 Å². The van der Waals surface area contributed by atoms with Crippen molar-refractivity contribution in [3.05, 3.63) is 24.3 Å². The smallest absolute Gasteiger partial charge is 0.230 e. The summed E-state index contributed by atoms with van der Waals surface area (Å²) in [5, 5.41) is 2.89. The van der Waals surface area contributed by atoms with E-state index in [4.69, 9.17) is 4.74 Å². The number of carbonyl (C=O) groups is 2. The first-order valence-corrected chi connectivity index (χ1v) is 7.37. The van der Waals surface area contributed by atoms with Gasteiger partial charge in [0.15, 0.2) is 0 Å². The molecule has 1 aromatic carbocycles. The fourth-order valence-electron chi connectivity index (χ4n) is 2.07. The lowest BCUT2D eigenvalue weighted by Crippen LogP contribution is -2.37. The van der Waals surface area contributed by atoms with Gasteiger partial charge >= 0.3 is 0 Å². The molecule has 0 spiro atoms. The van der Waals surface area contributed by atoms with Gasteiger partial charge in [0.25, 0.3) is 0 Å². The minimum Gasteiger partial charge on any atom is -0.497 e. The summed E-state index contributed by atoms with van der Waals surface area (Å²) in [6.45, 7) is 0.592. The molecular weight excluding hydrogens is 276 g/mol. The maximum absolute atomic E-state index is 11.8. The number of hydrogen-bond acceptors (Lipinski definition) is 4. The number of hydrogen-bond donors (Lipinski definition) is 1. The van der Waals surface area contributed by atoms with Crippen molar-refractivity contribution in [1.29, 1.82) is 0 Å². The molecule has 2 rings (SSSR count). The normalized spacial score (nSPS) is 18.2. The summed E-state index contributed by atoms with van der Waals surface area (Å²) in [6, 6.07) is 7.53. The average Bonchev–Trinajstić information content (AvgIpc) is 2.75. The largest absolute Gasteiger partial charge is 0.497 e. The lowest BCUT2D eigenvalue weighted by molar-refractivity contribution is -0.126. The number of likely N-dealkylation sites (N-methyl/N-ethyl adjacent to an activating group) is 1. The van der Waals surface area contributed by atoms with E-state index in [2.05, 4.69) is 5.32 Å². The number of benzene rings is 1. The highest BCUT2D eigenvalue weighted by Gasteiger charge is 2.27. The highest BCUT2D eigenvalue weighted by atomic mass is 32.2. The number of rotatable bonds is 5. The second kappa shape index (κ2) is 6.65. The number of methoxy groups -OCH3 is 1. The molecule has 1 aromatic rings. The summed E-state index contributed by atoms with van der Waals surface area (Å²) in [6.07, 6.45) is 0.395. The van der Waals surface area contributed by atoms with Crippen LogP contribution in [0.3, 0.4) is 0 Å². The van der Waals surface area contributed by atoms with Crippen LogP contribution in [0.5, 0.6) is 5.75 Å². The third-order valence-corrected chi connectivity index (χ3v) is 4.11.